The molecule has 2 aliphatic heterocycles. The van der Waals surface area contributed by atoms with Crippen molar-refractivity contribution in [3.05, 3.63) is 78.1 Å². The van der Waals surface area contributed by atoms with Crippen molar-refractivity contribution < 1.29 is 23.4 Å². The molecule has 3 aromatic carbocycles. The van der Waals surface area contributed by atoms with E-state index in [9.17, 15) is 9.18 Å². The van der Waals surface area contributed by atoms with Gasteiger partial charge in [0.1, 0.15) is 11.6 Å². The quantitative estimate of drug-likeness (QED) is 0.468. The molecule has 0 unspecified atom stereocenters. The van der Waals surface area contributed by atoms with Crippen molar-refractivity contribution in [2.75, 3.05) is 26.5 Å². The van der Waals surface area contributed by atoms with Gasteiger partial charge in [0.05, 0.1) is 0 Å². The highest BCUT2D eigenvalue weighted by Crippen LogP contribution is 2.34. The second-order valence-corrected chi connectivity index (χ2v) is 8.85. The highest BCUT2D eigenvalue weighted by atomic mass is 19.1. The number of piperidine rings is 1. The fraction of sp³-hybridized carbons (Fsp3) is 0.321. The summed E-state index contributed by atoms with van der Waals surface area (Å²) < 4.78 is 30.4. The molecular formula is C28H28FNO4. The van der Waals surface area contributed by atoms with Crippen LogP contribution in [-0.4, -0.2) is 37.3 Å². The number of aryl methyl sites for hydroxylation is 1. The molecule has 2 aliphatic rings. The Morgan fingerprint density at radius 1 is 0.971 bits per heavy atom. The molecule has 0 N–H and O–H groups in total. The summed E-state index contributed by atoms with van der Waals surface area (Å²) in [5.41, 5.74) is 2.76. The largest absolute Gasteiger partial charge is 0.483 e. The average molecular weight is 462 g/mol. The van der Waals surface area contributed by atoms with Crippen LogP contribution in [-0.2, 0) is 11.2 Å². The monoisotopic (exact) mass is 461 g/mol. The van der Waals surface area contributed by atoms with Gasteiger partial charge in [0.2, 0.25) is 6.79 Å². The number of amides is 1. The van der Waals surface area contributed by atoms with Gasteiger partial charge in [-0.05, 0) is 73.1 Å². The molecule has 0 saturated carbocycles. The molecule has 34 heavy (non-hydrogen) atoms. The molecule has 0 bridgehead atoms. The number of rotatable bonds is 7. The SMILES string of the molecule is O=C(COc1ccccc1-c1cccc(F)c1)N1CCC(CCc2ccc3c(c2)OCO3)CC1. The summed E-state index contributed by atoms with van der Waals surface area (Å²) in [7, 11) is 0. The molecule has 0 spiro atoms. The van der Waals surface area contributed by atoms with Crippen molar-refractivity contribution in [3.8, 4) is 28.4 Å². The highest BCUT2D eigenvalue weighted by molar-refractivity contribution is 5.78. The highest BCUT2D eigenvalue weighted by Gasteiger charge is 2.23. The van der Waals surface area contributed by atoms with Gasteiger partial charge < -0.3 is 19.1 Å². The minimum absolute atomic E-state index is 0.0109. The Labute approximate surface area is 199 Å². The number of benzene rings is 3. The van der Waals surface area contributed by atoms with E-state index in [0.717, 1.165) is 61.4 Å². The minimum Gasteiger partial charge on any atom is -0.483 e. The zero-order valence-electron chi connectivity index (χ0n) is 19.0. The van der Waals surface area contributed by atoms with Gasteiger partial charge in [-0.2, -0.15) is 0 Å². The van der Waals surface area contributed by atoms with Crippen LogP contribution in [0.5, 0.6) is 17.2 Å². The maximum absolute atomic E-state index is 13.7. The Kier molecular flexibility index (Phi) is 6.65. The molecule has 2 heterocycles. The van der Waals surface area contributed by atoms with E-state index in [1.54, 1.807) is 6.07 Å². The summed E-state index contributed by atoms with van der Waals surface area (Å²) in [6.45, 7) is 1.78. The topological polar surface area (TPSA) is 48.0 Å². The van der Waals surface area contributed by atoms with E-state index in [1.165, 1.54) is 17.7 Å². The van der Waals surface area contributed by atoms with E-state index < -0.39 is 0 Å². The van der Waals surface area contributed by atoms with Crippen LogP contribution in [0.3, 0.4) is 0 Å². The van der Waals surface area contributed by atoms with E-state index in [1.807, 2.05) is 41.3 Å². The Bertz CT molecular complexity index is 1160. The molecular weight excluding hydrogens is 433 g/mol. The van der Waals surface area contributed by atoms with Crippen LogP contribution in [0.4, 0.5) is 4.39 Å². The van der Waals surface area contributed by atoms with Crippen LogP contribution in [0.15, 0.2) is 66.7 Å². The van der Waals surface area contributed by atoms with Crippen LogP contribution < -0.4 is 14.2 Å². The van der Waals surface area contributed by atoms with Crippen molar-refractivity contribution in [1.82, 2.24) is 4.90 Å². The molecule has 1 saturated heterocycles. The fourth-order valence-corrected chi connectivity index (χ4v) is 4.66. The normalized spacial score (nSPS) is 15.4. The lowest BCUT2D eigenvalue weighted by Gasteiger charge is -2.32. The number of fused-ring (bicyclic) bond motifs is 1. The van der Waals surface area contributed by atoms with Crippen LogP contribution in [0.2, 0.25) is 0 Å². The van der Waals surface area contributed by atoms with Crippen LogP contribution >= 0.6 is 0 Å². The van der Waals surface area contributed by atoms with Gasteiger partial charge in [-0.1, -0.05) is 36.4 Å². The first-order chi connectivity index (χ1) is 16.7. The number of halogens is 1. The summed E-state index contributed by atoms with van der Waals surface area (Å²) in [6, 6.07) is 20.0. The first kappa shape index (κ1) is 22.3. The first-order valence-corrected chi connectivity index (χ1v) is 11.8. The number of likely N-dealkylation sites (tertiary alicyclic amines) is 1. The summed E-state index contributed by atoms with van der Waals surface area (Å²) >= 11 is 0. The van der Waals surface area contributed by atoms with E-state index in [-0.39, 0.29) is 18.3 Å². The summed E-state index contributed by atoms with van der Waals surface area (Å²) in [6.07, 6.45) is 4.08. The van der Waals surface area contributed by atoms with Crippen LogP contribution in [0.1, 0.15) is 24.8 Å². The van der Waals surface area contributed by atoms with Crippen molar-refractivity contribution in [2.24, 2.45) is 5.92 Å². The van der Waals surface area contributed by atoms with Gasteiger partial charge >= 0.3 is 0 Å². The lowest BCUT2D eigenvalue weighted by molar-refractivity contribution is -0.134. The van der Waals surface area contributed by atoms with E-state index in [4.69, 9.17) is 14.2 Å². The average Bonchev–Trinajstić information content (AvgIpc) is 3.34. The summed E-state index contributed by atoms with van der Waals surface area (Å²) in [5.74, 6) is 2.52. The summed E-state index contributed by atoms with van der Waals surface area (Å²) in [4.78, 5) is 14.7. The number of hydrogen-bond donors (Lipinski definition) is 0. The predicted octanol–water partition coefficient (Wildman–Crippen LogP) is 5.47. The first-order valence-electron chi connectivity index (χ1n) is 11.8. The molecule has 1 fully saturated rings. The Morgan fingerprint density at radius 3 is 2.65 bits per heavy atom. The number of carbonyl (C=O) groups excluding carboxylic acids is 1. The third-order valence-corrected chi connectivity index (χ3v) is 6.62. The molecule has 6 heteroatoms. The molecule has 0 radical (unpaired) electrons. The van der Waals surface area contributed by atoms with Gasteiger partial charge in [0.15, 0.2) is 18.1 Å². The van der Waals surface area contributed by atoms with Gasteiger partial charge in [0.25, 0.3) is 5.91 Å². The van der Waals surface area contributed by atoms with E-state index >= 15 is 0 Å². The standard InChI is InChI=1S/C28H28FNO4/c29-23-5-3-4-22(17-23)24-6-1-2-7-25(24)32-18-28(31)30-14-12-20(13-15-30)8-9-21-10-11-26-27(16-21)34-19-33-26/h1-7,10-11,16-17,20H,8-9,12-15,18-19H2. The van der Waals surface area contributed by atoms with Gasteiger partial charge in [-0.3, -0.25) is 4.79 Å². The summed E-state index contributed by atoms with van der Waals surface area (Å²) in [5, 5.41) is 0. The Hall–Kier alpha value is -3.54. The van der Waals surface area contributed by atoms with Crippen molar-refractivity contribution in [3.63, 3.8) is 0 Å². The second kappa shape index (κ2) is 10.2. The Morgan fingerprint density at radius 2 is 1.79 bits per heavy atom. The number of para-hydroxylation sites is 1. The van der Waals surface area contributed by atoms with Crippen LogP contribution in [0, 0.1) is 11.7 Å². The zero-order valence-corrected chi connectivity index (χ0v) is 19.0. The van der Waals surface area contributed by atoms with Gasteiger partial charge in [-0.15, -0.1) is 0 Å². The molecule has 0 aromatic heterocycles. The lowest BCUT2D eigenvalue weighted by Crippen LogP contribution is -2.41. The smallest absolute Gasteiger partial charge is 0.260 e. The van der Waals surface area contributed by atoms with Gasteiger partial charge in [-0.25, -0.2) is 4.39 Å². The third-order valence-electron chi connectivity index (χ3n) is 6.62. The molecule has 0 aliphatic carbocycles. The molecule has 3 aromatic rings. The fourth-order valence-electron chi connectivity index (χ4n) is 4.66. The lowest BCUT2D eigenvalue weighted by atomic mass is 9.90. The molecule has 176 valence electrons. The maximum atomic E-state index is 13.7. The molecule has 5 rings (SSSR count). The zero-order chi connectivity index (χ0) is 23.3. The number of ether oxygens (including phenoxy) is 3. The number of hydrogen-bond acceptors (Lipinski definition) is 4. The van der Waals surface area contributed by atoms with E-state index in [2.05, 4.69) is 12.1 Å². The van der Waals surface area contributed by atoms with Crippen molar-refractivity contribution in [2.45, 2.75) is 25.7 Å². The predicted molar refractivity (Wildman–Crippen MR) is 128 cm³/mol. The minimum atomic E-state index is -0.301. The Balaban J connectivity index is 1.10. The maximum Gasteiger partial charge on any atom is 0.260 e. The number of carbonyl (C=O) groups is 1. The molecule has 1 amide bonds. The van der Waals surface area contributed by atoms with Crippen molar-refractivity contribution >= 4 is 5.91 Å². The molecule has 5 nitrogen and oxygen atoms in total. The van der Waals surface area contributed by atoms with Crippen LogP contribution in [0.25, 0.3) is 11.1 Å². The van der Waals surface area contributed by atoms with Gasteiger partial charge in [0, 0.05) is 18.7 Å². The number of nitrogens with zero attached hydrogens (tertiary/aromatic N) is 1. The van der Waals surface area contributed by atoms with Crippen molar-refractivity contribution in [1.29, 1.82) is 0 Å². The third kappa shape index (κ3) is 5.16. The van der Waals surface area contributed by atoms with E-state index in [0.29, 0.717) is 18.5 Å². The second-order valence-electron chi connectivity index (χ2n) is 8.85. The molecule has 0 atom stereocenters.